The minimum atomic E-state index is -1.66. The fourth-order valence-electron chi connectivity index (χ4n) is 1.74. The lowest BCUT2D eigenvalue weighted by molar-refractivity contribution is -0.167. The van der Waals surface area contributed by atoms with Gasteiger partial charge in [-0.15, -0.1) is 0 Å². The summed E-state index contributed by atoms with van der Waals surface area (Å²) < 4.78 is 10.2. The molecule has 2 atom stereocenters. The van der Waals surface area contributed by atoms with Crippen LogP contribution in [-0.2, 0) is 19.1 Å². The first kappa shape index (κ1) is 15.3. The van der Waals surface area contributed by atoms with Crippen LogP contribution in [0.15, 0.2) is 23.2 Å². The van der Waals surface area contributed by atoms with E-state index in [-0.39, 0.29) is 17.4 Å². The van der Waals surface area contributed by atoms with Gasteiger partial charge in [0, 0.05) is 11.6 Å². The van der Waals surface area contributed by atoms with Gasteiger partial charge in [0.1, 0.15) is 5.76 Å². The summed E-state index contributed by atoms with van der Waals surface area (Å²) in [5, 5.41) is 10.1. The first-order valence-electron chi connectivity index (χ1n) is 6.21. The Labute approximate surface area is 112 Å². The first-order valence-corrected chi connectivity index (χ1v) is 6.21. The SMILES string of the molecule is CC[C@@H](C)C(=O)O[C@@]1(C)C(=O)C=C(OC)C(C)=C1O. The maximum absolute atomic E-state index is 12.1. The van der Waals surface area contributed by atoms with E-state index in [9.17, 15) is 14.7 Å². The van der Waals surface area contributed by atoms with E-state index < -0.39 is 17.4 Å². The standard InChI is InChI=1S/C14H20O5/c1-6-8(2)13(17)19-14(4)11(15)7-10(18-5)9(3)12(14)16/h7-8,16H,6H2,1-5H3/t8-,14+/m1/s1. The van der Waals surface area contributed by atoms with Crippen molar-refractivity contribution in [2.45, 2.75) is 39.7 Å². The van der Waals surface area contributed by atoms with Gasteiger partial charge in [-0.1, -0.05) is 13.8 Å². The van der Waals surface area contributed by atoms with Crippen LogP contribution in [0.4, 0.5) is 0 Å². The van der Waals surface area contributed by atoms with Crippen LogP contribution in [0.5, 0.6) is 0 Å². The number of carbonyl (C=O) groups excluding carboxylic acids is 2. The molecule has 0 saturated heterocycles. The monoisotopic (exact) mass is 268 g/mol. The molecule has 106 valence electrons. The number of aliphatic hydroxyl groups is 1. The predicted octanol–water partition coefficient (Wildman–Crippen LogP) is 2.28. The fraction of sp³-hybridized carbons (Fsp3) is 0.571. The Balaban J connectivity index is 3.09. The molecule has 0 bridgehead atoms. The molecule has 0 unspecified atom stereocenters. The summed E-state index contributed by atoms with van der Waals surface area (Å²) in [7, 11) is 1.41. The Kier molecular flexibility index (Phi) is 4.39. The number of allylic oxidation sites excluding steroid dienone is 1. The number of carbonyl (C=O) groups is 2. The van der Waals surface area contributed by atoms with Crippen molar-refractivity contribution >= 4 is 11.8 Å². The molecule has 0 aromatic rings. The first-order chi connectivity index (χ1) is 8.77. The minimum Gasteiger partial charge on any atom is -0.507 e. The molecule has 0 spiro atoms. The molecule has 0 aromatic carbocycles. The van der Waals surface area contributed by atoms with E-state index in [4.69, 9.17) is 9.47 Å². The van der Waals surface area contributed by atoms with Crippen LogP contribution in [0.25, 0.3) is 0 Å². The topological polar surface area (TPSA) is 72.8 Å². The second kappa shape index (κ2) is 5.47. The molecule has 1 aliphatic carbocycles. The van der Waals surface area contributed by atoms with Gasteiger partial charge in [-0.25, -0.2) is 0 Å². The summed E-state index contributed by atoms with van der Waals surface area (Å²) in [5.41, 5.74) is -1.27. The van der Waals surface area contributed by atoms with Crippen molar-refractivity contribution in [2.75, 3.05) is 7.11 Å². The Bertz CT molecular complexity index is 460. The number of aliphatic hydroxyl groups excluding tert-OH is 1. The zero-order valence-electron chi connectivity index (χ0n) is 11.9. The summed E-state index contributed by atoms with van der Waals surface area (Å²) >= 11 is 0. The number of hydrogen-bond acceptors (Lipinski definition) is 5. The van der Waals surface area contributed by atoms with Crippen LogP contribution in [0, 0.1) is 5.92 Å². The van der Waals surface area contributed by atoms with Crippen LogP contribution in [0.2, 0.25) is 0 Å². The van der Waals surface area contributed by atoms with Gasteiger partial charge >= 0.3 is 5.97 Å². The lowest BCUT2D eigenvalue weighted by Crippen LogP contribution is -2.45. The lowest BCUT2D eigenvalue weighted by atomic mass is 9.88. The molecule has 0 saturated carbocycles. The van der Waals surface area contributed by atoms with E-state index in [1.165, 1.54) is 20.1 Å². The minimum absolute atomic E-state index is 0.277. The normalized spacial score (nSPS) is 24.9. The fourth-order valence-corrected chi connectivity index (χ4v) is 1.74. The third-order valence-corrected chi connectivity index (χ3v) is 3.45. The third kappa shape index (κ3) is 2.64. The van der Waals surface area contributed by atoms with Crippen molar-refractivity contribution in [1.82, 2.24) is 0 Å². The summed E-state index contributed by atoms with van der Waals surface area (Å²) in [6.07, 6.45) is 1.84. The Morgan fingerprint density at radius 2 is 2.11 bits per heavy atom. The number of esters is 1. The van der Waals surface area contributed by atoms with Crippen LogP contribution >= 0.6 is 0 Å². The largest absolute Gasteiger partial charge is 0.507 e. The van der Waals surface area contributed by atoms with E-state index in [0.717, 1.165) is 0 Å². The van der Waals surface area contributed by atoms with Gasteiger partial charge < -0.3 is 14.6 Å². The summed E-state index contributed by atoms with van der Waals surface area (Å²) in [4.78, 5) is 23.9. The molecule has 0 radical (unpaired) electrons. The second-order valence-corrected chi connectivity index (χ2v) is 4.81. The molecule has 0 aromatic heterocycles. The van der Waals surface area contributed by atoms with Gasteiger partial charge in [0.2, 0.25) is 11.4 Å². The van der Waals surface area contributed by atoms with Crippen molar-refractivity contribution in [3.63, 3.8) is 0 Å². The van der Waals surface area contributed by atoms with E-state index in [1.54, 1.807) is 13.8 Å². The summed E-state index contributed by atoms with van der Waals surface area (Å²) in [6.45, 7) is 6.55. The van der Waals surface area contributed by atoms with Crippen LogP contribution < -0.4 is 0 Å². The third-order valence-electron chi connectivity index (χ3n) is 3.45. The number of rotatable bonds is 4. The van der Waals surface area contributed by atoms with E-state index >= 15 is 0 Å². The van der Waals surface area contributed by atoms with Crippen LogP contribution in [0.1, 0.15) is 34.1 Å². The molecule has 5 heteroatoms. The molecule has 0 amide bonds. The van der Waals surface area contributed by atoms with Crippen molar-refractivity contribution in [1.29, 1.82) is 0 Å². The molecule has 0 aliphatic heterocycles. The average molecular weight is 268 g/mol. The van der Waals surface area contributed by atoms with Crippen molar-refractivity contribution in [3.05, 3.63) is 23.2 Å². The highest BCUT2D eigenvalue weighted by molar-refractivity contribution is 6.02. The van der Waals surface area contributed by atoms with Crippen LogP contribution in [0.3, 0.4) is 0 Å². The van der Waals surface area contributed by atoms with Gasteiger partial charge in [0.15, 0.2) is 5.76 Å². The van der Waals surface area contributed by atoms with Gasteiger partial charge in [0.05, 0.1) is 13.0 Å². The number of ether oxygens (including phenoxy) is 2. The Hall–Kier alpha value is -1.78. The molecular weight excluding hydrogens is 248 g/mol. The van der Waals surface area contributed by atoms with Gasteiger partial charge in [-0.3, -0.25) is 9.59 Å². The zero-order chi connectivity index (χ0) is 14.8. The van der Waals surface area contributed by atoms with Gasteiger partial charge in [-0.2, -0.15) is 0 Å². The van der Waals surface area contributed by atoms with Crippen molar-refractivity contribution in [3.8, 4) is 0 Å². The van der Waals surface area contributed by atoms with Gasteiger partial charge in [-0.05, 0) is 20.3 Å². The van der Waals surface area contributed by atoms with E-state index in [1.807, 2.05) is 6.92 Å². The number of methoxy groups -OCH3 is 1. The molecule has 19 heavy (non-hydrogen) atoms. The second-order valence-electron chi connectivity index (χ2n) is 4.81. The quantitative estimate of drug-likeness (QED) is 0.792. The highest BCUT2D eigenvalue weighted by atomic mass is 16.6. The number of hydrogen-bond donors (Lipinski definition) is 1. The van der Waals surface area contributed by atoms with Crippen molar-refractivity contribution in [2.24, 2.45) is 5.92 Å². The van der Waals surface area contributed by atoms with Crippen molar-refractivity contribution < 1.29 is 24.2 Å². The number of ketones is 1. The predicted molar refractivity (Wildman–Crippen MR) is 69.4 cm³/mol. The van der Waals surface area contributed by atoms with E-state index in [0.29, 0.717) is 12.0 Å². The Morgan fingerprint density at radius 3 is 2.58 bits per heavy atom. The summed E-state index contributed by atoms with van der Waals surface area (Å²) in [5.74, 6) is -1.35. The maximum Gasteiger partial charge on any atom is 0.310 e. The maximum atomic E-state index is 12.1. The van der Waals surface area contributed by atoms with E-state index in [2.05, 4.69) is 0 Å². The summed E-state index contributed by atoms with van der Waals surface area (Å²) in [6, 6.07) is 0. The smallest absolute Gasteiger partial charge is 0.310 e. The molecular formula is C14H20O5. The Morgan fingerprint density at radius 1 is 1.53 bits per heavy atom. The average Bonchev–Trinajstić information content (AvgIpc) is 2.39. The molecule has 1 aliphatic rings. The van der Waals surface area contributed by atoms with Gasteiger partial charge in [0.25, 0.3) is 0 Å². The molecule has 1 N–H and O–H groups in total. The molecule has 1 rings (SSSR count). The highest BCUT2D eigenvalue weighted by Crippen LogP contribution is 2.33. The van der Waals surface area contributed by atoms with Crippen LogP contribution in [-0.4, -0.2) is 29.6 Å². The molecule has 0 fully saturated rings. The zero-order valence-corrected chi connectivity index (χ0v) is 11.9. The molecule has 5 nitrogen and oxygen atoms in total. The molecule has 0 heterocycles. The highest BCUT2D eigenvalue weighted by Gasteiger charge is 2.45. The lowest BCUT2D eigenvalue weighted by Gasteiger charge is -2.31.